The van der Waals surface area contributed by atoms with Crippen LogP contribution in [0.1, 0.15) is 54.1 Å². The van der Waals surface area contributed by atoms with Gasteiger partial charge in [0.15, 0.2) is 5.65 Å². The summed E-state index contributed by atoms with van der Waals surface area (Å²) >= 11 is 0. The summed E-state index contributed by atoms with van der Waals surface area (Å²) in [5.74, 6) is 0.565. The van der Waals surface area contributed by atoms with E-state index in [1.165, 1.54) is 12.3 Å². The minimum absolute atomic E-state index is 0.0992. The number of piperidine rings is 1. The first-order chi connectivity index (χ1) is 14.6. The summed E-state index contributed by atoms with van der Waals surface area (Å²) in [5, 5.41) is 7.38. The molecule has 5 heterocycles. The minimum atomic E-state index is -0.434. The molecule has 154 valence electrons. The molecular formula is C21H21FN6O2. The van der Waals surface area contributed by atoms with E-state index < -0.39 is 5.54 Å². The van der Waals surface area contributed by atoms with Crippen molar-refractivity contribution in [2.24, 2.45) is 0 Å². The Morgan fingerprint density at radius 2 is 2.17 bits per heavy atom. The Hall–Kier alpha value is -3.23. The molecule has 2 aliphatic heterocycles. The maximum absolute atomic E-state index is 14.2. The molecule has 1 N–H and O–H groups in total. The van der Waals surface area contributed by atoms with E-state index in [2.05, 4.69) is 20.3 Å². The van der Waals surface area contributed by atoms with Crippen LogP contribution in [0.25, 0.3) is 5.65 Å². The first kappa shape index (κ1) is 17.6. The van der Waals surface area contributed by atoms with Gasteiger partial charge in [-0.3, -0.25) is 4.79 Å². The van der Waals surface area contributed by atoms with Crippen molar-refractivity contribution < 1.29 is 13.9 Å². The molecule has 1 atom stereocenters. The van der Waals surface area contributed by atoms with Gasteiger partial charge in [0.25, 0.3) is 5.91 Å². The number of hydrogen-bond acceptors (Lipinski definition) is 6. The fourth-order valence-electron chi connectivity index (χ4n) is 4.48. The molecule has 2 fully saturated rings. The second-order valence-electron chi connectivity index (χ2n) is 8.39. The SMILES string of the molecule is O=C1NC2(CC2)COc2ncc(F)cc2[C@H]2CCCCN2c2ccn3ncc1c3n2. The van der Waals surface area contributed by atoms with E-state index in [1.54, 1.807) is 10.7 Å². The summed E-state index contributed by atoms with van der Waals surface area (Å²) in [6, 6.07) is 3.30. The zero-order valence-corrected chi connectivity index (χ0v) is 16.3. The zero-order chi connectivity index (χ0) is 20.3. The Morgan fingerprint density at radius 3 is 3.03 bits per heavy atom. The summed E-state index contributed by atoms with van der Waals surface area (Å²) in [6.45, 7) is 1.08. The summed E-state index contributed by atoms with van der Waals surface area (Å²) in [4.78, 5) is 24.2. The maximum atomic E-state index is 14.2. The number of anilines is 1. The maximum Gasteiger partial charge on any atom is 0.257 e. The first-order valence-electron chi connectivity index (χ1n) is 10.3. The molecule has 30 heavy (non-hydrogen) atoms. The highest BCUT2D eigenvalue weighted by Crippen LogP contribution is 2.41. The van der Waals surface area contributed by atoms with Gasteiger partial charge in [0.1, 0.15) is 23.8 Å². The van der Waals surface area contributed by atoms with E-state index in [4.69, 9.17) is 9.72 Å². The molecule has 0 aromatic carbocycles. The number of ether oxygens (including phenoxy) is 1. The van der Waals surface area contributed by atoms with Crippen LogP contribution in [0.2, 0.25) is 0 Å². The lowest BCUT2D eigenvalue weighted by Crippen LogP contribution is -2.41. The number of halogens is 1. The smallest absolute Gasteiger partial charge is 0.257 e. The van der Waals surface area contributed by atoms with Gasteiger partial charge >= 0.3 is 0 Å². The molecule has 9 heteroatoms. The molecule has 1 aliphatic carbocycles. The molecule has 6 rings (SSSR count). The van der Waals surface area contributed by atoms with Crippen molar-refractivity contribution >= 4 is 17.4 Å². The Balaban J connectivity index is 1.54. The fourth-order valence-corrected chi connectivity index (χ4v) is 4.48. The lowest BCUT2D eigenvalue weighted by Gasteiger charge is -2.37. The van der Waals surface area contributed by atoms with Crippen molar-refractivity contribution in [2.75, 3.05) is 18.1 Å². The van der Waals surface area contributed by atoms with Gasteiger partial charge in [0.05, 0.1) is 24.0 Å². The van der Waals surface area contributed by atoms with Gasteiger partial charge in [-0.25, -0.2) is 18.9 Å². The van der Waals surface area contributed by atoms with E-state index in [9.17, 15) is 9.18 Å². The van der Waals surface area contributed by atoms with E-state index in [0.29, 0.717) is 23.7 Å². The predicted molar refractivity (Wildman–Crippen MR) is 106 cm³/mol. The number of hydrogen-bond donors (Lipinski definition) is 1. The molecule has 1 amide bonds. The Morgan fingerprint density at radius 1 is 1.27 bits per heavy atom. The van der Waals surface area contributed by atoms with Gasteiger partial charge in [-0.1, -0.05) is 0 Å². The average Bonchev–Trinajstić information content (AvgIpc) is 3.38. The van der Waals surface area contributed by atoms with Crippen LogP contribution in [0.3, 0.4) is 0 Å². The van der Waals surface area contributed by atoms with Gasteiger partial charge in [-0.15, -0.1) is 0 Å². The fraction of sp³-hybridized carbons (Fsp3) is 0.429. The largest absolute Gasteiger partial charge is 0.475 e. The second kappa shape index (κ2) is 6.38. The summed E-state index contributed by atoms with van der Waals surface area (Å²) in [5.41, 5.74) is 1.25. The van der Waals surface area contributed by atoms with Gasteiger partial charge < -0.3 is 15.0 Å². The van der Waals surface area contributed by atoms with Crippen molar-refractivity contribution in [1.29, 1.82) is 0 Å². The third-order valence-corrected chi connectivity index (χ3v) is 6.32. The number of amides is 1. The van der Waals surface area contributed by atoms with Crippen LogP contribution in [0.4, 0.5) is 10.2 Å². The summed E-state index contributed by atoms with van der Waals surface area (Å²) in [7, 11) is 0. The Bertz CT molecular complexity index is 1160. The Kier molecular flexibility index (Phi) is 3.75. The number of carbonyl (C=O) groups excluding carboxylic acids is 1. The predicted octanol–water partition coefficient (Wildman–Crippen LogP) is 2.65. The van der Waals surface area contributed by atoms with Crippen LogP contribution in [0.5, 0.6) is 5.88 Å². The molecule has 3 aliphatic rings. The van der Waals surface area contributed by atoms with Crippen LogP contribution < -0.4 is 15.0 Å². The highest BCUT2D eigenvalue weighted by Gasteiger charge is 2.46. The molecule has 0 radical (unpaired) electrons. The van der Waals surface area contributed by atoms with E-state index in [-0.39, 0.29) is 17.8 Å². The molecule has 1 saturated heterocycles. The van der Waals surface area contributed by atoms with Crippen LogP contribution >= 0.6 is 0 Å². The average molecular weight is 408 g/mol. The Labute approximate surface area is 172 Å². The highest BCUT2D eigenvalue weighted by molar-refractivity contribution is 6.00. The summed E-state index contributed by atoms with van der Waals surface area (Å²) in [6.07, 6.45) is 9.09. The first-order valence-corrected chi connectivity index (χ1v) is 10.3. The summed E-state index contributed by atoms with van der Waals surface area (Å²) < 4.78 is 21.9. The van der Waals surface area contributed by atoms with Gasteiger partial charge in [-0.2, -0.15) is 5.10 Å². The normalized spacial score (nSPS) is 22.4. The van der Waals surface area contributed by atoms with Gasteiger partial charge in [0, 0.05) is 18.3 Å². The van der Waals surface area contributed by atoms with E-state index in [0.717, 1.165) is 50.0 Å². The molecule has 1 saturated carbocycles. The lowest BCUT2D eigenvalue weighted by molar-refractivity contribution is 0.0913. The number of nitrogens with zero attached hydrogens (tertiary/aromatic N) is 5. The van der Waals surface area contributed by atoms with Crippen LogP contribution in [-0.2, 0) is 0 Å². The number of rotatable bonds is 0. The quantitative estimate of drug-likeness (QED) is 0.616. The number of carbonyl (C=O) groups is 1. The van der Waals surface area contributed by atoms with Crippen molar-refractivity contribution in [3.63, 3.8) is 0 Å². The third-order valence-electron chi connectivity index (χ3n) is 6.32. The van der Waals surface area contributed by atoms with Crippen molar-refractivity contribution in [1.82, 2.24) is 24.9 Å². The third kappa shape index (κ3) is 2.79. The molecule has 3 aromatic heterocycles. The van der Waals surface area contributed by atoms with Crippen LogP contribution in [0.15, 0.2) is 30.7 Å². The molecule has 3 aromatic rings. The molecular weight excluding hydrogens is 387 g/mol. The molecule has 8 nitrogen and oxygen atoms in total. The van der Waals surface area contributed by atoms with E-state index in [1.807, 2.05) is 12.3 Å². The standard InChI is InChI=1S/C21H21FN6O2/c22-13-9-14-16-3-1-2-7-27(16)17-4-8-28-18(25-17)15(11-24-28)19(29)26-21(5-6-21)12-30-20(14)23-10-13/h4,8-11,16H,1-3,5-7,12H2,(H,26,29)/t16-/m1/s1. The number of pyridine rings is 1. The van der Waals surface area contributed by atoms with Gasteiger partial charge in [-0.05, 0) is 44.2 Å². The van der Waals surface area contributed by atoms with E-state index >= 15 is 0 Å². The molecule has 1 spiro atoms. The van der Waals surface area contributed by atoms with Gasteiger partial charge in [0.2, 0.25) is 5.88 Å². The number of fused-ring (bicyclic) bond motifs is 5. The molecule has 2 bridgehead atoms. The number of nitrogens with one attached hydrogen (secondary N) is 1. The topological polar surface area (TPSA) is 84.7 Å². The lowest BCUT2D eigenvalue weighted by atomic mass is 9.95. The second-order valence-corrected chi connectivity index (χ2v) is 8.39. The monoisotopic (exact) mass is 408 g/mol. The molecule has 0 unspecified atom stereocenters. The van der Waals surface area contributed by atoms with Crippen molar-refractivity contribution in [2.45, 2.75) is 43.7 Å². The van der Waals surface area contributed by atoms with Crippen molar-refractivity contribution in [3.05, 3.63) is 47.7 Å². The minimum Gasteiger partial charge on any atom is -0.475 e. The van der Waals surface area contributed by atoms with Crippen LogP contribution in [-0.4, -0.2) is 44.2 Å². The van der Waals surface area contributed by atoms with Crippen LogP contribution in [0, 0.1) is 5.82 Å². The zero-order valence-electron chi connectivity index (χ0n) is 16.3. The van der Waals surface area contributed by atoms with Crippen molar-refractivity contribution in [3.8, 4) is 5.88 Å². The highest BCUT2D eigenvalue weighted by atomic mass is 19.1. The number of aromatic nitrogens is 4.